The van der Waals surface area contributed by atoms with E-state index in [1.54, 1.807) is 28.4 Å². The number of nitrogens with zero attached hydrogens (tertiary/aromatic N) is 4. The smallest absolute Gasteiger partial charge is 0.119 e. The molecule has 0 aromatic heterocycles. The summed E-state index contributed by atoms with van der Waals surface area (Å²) in [5.74, 6) is 3.25. The van der Waals surface area contributed by atoms with Gasteiger partial charge in [0.25, 0.3) is 0 Å². The number of ether oxygens (including phenoxy) is 4. The lowest BCUT2D eigenvalue weighted by atomic mass is 10.0. The zero-order valence-electron chi connectivity index (χ0n) is 50.0. The maximum atomic E-state index is 5.58. The van der Waals surface area contributed by atoms with Crippen LogP contribution in [0.15, 0.2) is 285 Å². The van der Waals surface area contributed by atoms with Gasteiger partial charge >= 0.3 is 0 Å². The molecular weight excluding hydrogens is 1060 g/mol. The van der Waals surface area contributed by atoms with Crippen LogP contribution in [0.3, 0.4) is 0 Å². The summed E-state index contributed by atoms with van der Waals surface area (Å²) in [4.78, 5) is 9.10. The molecule has 0 atom stereocenters. The molecule has 0 aliphatic heterocycles. The molecular formula is C78H70N4O4. The van der Waals surface area contributed by atoms with Gasteiger partial charge < -0.3 is 38.5 Å². The molecule has 0 unspecified atom stereocenters. The molecule has 8 heteroatoms. The minimum Gasteiger partial charge on any atom is -0.497 e. The summed E-state index contributed by atoms with van der Waals surface area (Å²) in [7, 11) is 6.78. The predicted molar refractivity (Wildman–Crippen MR) is 359 cm³/mol. The first-order valence-corrected chi connectivity index (χ1v) is 28.8. The van der Waals surface area contributed by atoms with Crippen LogP contribution in [0.2, 0.25) is 0 Å². The van der Waals surface area contributed by atoms with Crippen molar-refractivity contribution in [3.05, 3.63) is 301 Å². The van der Waals surface area contributed by atoms with E-state index in [0.29, 0.717) is 0 Å². The van der Waals surface area contributed by atoms with Gasteiger partial charge in [-0.2, -0.15) is 0 Å². The van der Waals surface area contributed by atoms with Gasteiger partial charge in [0.2, 0.25) is 0 Å². The van der Waals surface area contributed by atoms with Crippen molar-refractivity contribution in [2.75, 3.05) is 48.0 Å². The van der Waals surface area contributed by atoms with Gasteiger partial charge in [0.1, 0.15) is 23.0 Å². The highest BCUT2D eigenvalue weighted by molar-refractivity contribution is 5.84. The van der Waals surface area contributed by atoms with Crippen LogP contribution < -0.4 is 38.5 Å². The van der Waals surface area contributed by atoms with Gasteiger partial charge in [-0.25, -0.2) is 0 Å². The van der Waals surface area contributed by atoms with E-state index in [4.69, 9.17) is 18.9 Å². The van der Waals surface area contributed by atoms with E-state index in [1.165, 1.54) is 11.1 Å². The van der Waals surface area contributed by atoms with Crippen LogP contribution in [0.4, 0.5) is 62.6 Å². The molecule has 11 aromatic rings. The Morgan fingerprint density at radius 3 is 0.721 bits per heavy atom. The maximum Gasteiger partial charge on any atom is 0.119 e. The fourth-order valence-corrected chi connectivity index (χ4v) is 10.7. The SMILES string of the molecule is COc1ccc(N(/C(C)=C/C=C(\C)c2ccc(N(c3ccc(C)cc3)c3ccc(OC)cc3)cc2)c2ccc(-c3ccc(N(c4ccc(OC)cc4)c4ccc(-c5ccc(N(c6ccc(C)cc6)c6ccc(OC)cc6)cc5)cc4)cc3)cc2)cc1. The molecule has 0 saturated heterocycles. The van der Waals surface area contributed by atoms with Crippen molar-refractivity contribution in [1.29, 1.82) is 0 Å². The Labute approximate surface area is 506 Å². The summed E-state index contributed by atoms with van der Waals surface area (Å²) in [5, 5.41) is 0. The third-order valence-corrected chi connectivity index (χ3v) is 15.6. The highest BCUT2D eigenvalue weighted by Gasteiger charge is 2.18. The number of hydrogen-bond acceptors (Lipinski definition) is 8. The van der Waals surface area contributed by atoms with E-state index >= 15 is 0 Å². The Hall–Kier alpha value is -10.7. The molecule has 0 aliphatic carbocycles. The lowest BCUT2D eigenvalue weighted by molar-refractivity contribution is 0.414. The Morgan fingerprint density at radius 1 is 0.256 bits per heavy atom. The Bertz CT molecular complexity index is 4050. The third-order valence-electron chi connectivity index (χ3n) is 15.6. The zero-order chi connectivity index (χ0) is 59.5. The number of rotatable bonds is 20. The molecule has 0 aliphatic rings. The van der Waals surface area contributed by atoms with Crippen LogP contribution >= 0.6 is 0 Å². The Kier molecular flexibility index (Phi) is 17.4. The van der Waals surface area contributed by atoms with E-state index in [1.807, 2.05) is 48.5 Å². The monoisotopic (exact) mass is 1130 g/mol. The summed E-state index contributed by atoms with van der Waals surface area (Å²) in [6.45, 7) is 8.54. The number of benzene rings is 11. The van der Waals surface area contributed by atoms with E-state index in [-0.39, 0.29) is 0 Å². The lowest BCUT2D eigenvalue weighted by Crippen LogP contribution is -2.14. The molecule has 0 bridgehead atoms. The maximum absolute atomic E-state index is 5.58. The molecule has 0 heterocycles. The molecule has 0 spiro atoms. The predicted octanol–water partition coefficient (Wildman–Crippen LogP) is 21.2. The average molecular weight is 1130 g/mol. The topological polar surface area (TPSA) is 49.9 Å². The number of hydrogen-bond donors (Lipinski definition) is 0. The first kappa shape index (κ1) is 57.1. The molecule has 0 N–H and O–H groups in total. The second kappa shape index (κ2) is 26.3. The second-order valence-electron chi connectivity index (χ2n) is 21.2. The number of aryl methyl sites for hydroxylation is 2. The number of allylic oxidation sites excluding steroid dienone is 4. The zero-order valence-corrected chi connectivity index (χ0v) is 50.0. The van der Waals surface area contributed by atoms with Crippen molar-refractivity contribution in [1.82, 2.24) is 0 Å². The first-order chi connectivity index (χ1) is 42.1. The number of methoxy groups -OCH3 is 4. The van der Waals surface area contributed by atoms with E-state index < -0.39 is 0 Å². The van der Waals surface area contributed by atoms with Gasteiger partial charge in [-0.3, -0.25) is 0 Å². The van der Waals surface area contributed by atoms with Crippen LogP contribution in [0.25, 0.3) is 27.8 Å². The Morgan fingerprint density at radius 2 is 0.465 bits per heavy atom. The van der Waals surface area contributed by atoms with Crippen molar-refractivity contribution in [3.63, 3.8) is 0 Å². The van der Waals surface area contributed by atoms with Crippen LogP contribution in [-0.2, 0) is 0 Å². The quantitative estimate of drug-likeness (QED) is 0.0700. The number of anilines is 11. The van der Waals surface area contributed by atoms with Crippen LogP contribution in [0, 0.1) is 13.8 Å². The summed E-state index contributed by atoms with van der Waals surface area (Å²) in [6, 6.07) is 94.0. The van der Waals surface area contributed by atoms with Gasteiger partial charge in [-0.05, 0) is 249 Å². The fraction of sp³-hybridized carbons (Fsp3) is 0.103. The molecule has 86 heavy (non-hydrogen) atoms. The minimum absolute atomic E-state index is 0.802. The molecule has 0 radical (unpaired) electrons. The fourth-order valence-electron chi connectivity index (χ4n) is 10.7. The molecule has 426 valence electrons. The van der Waals surface area contributed by atoms with Gasteiger partial charge in [0.15, 0.2) is 0 Å². The molecule has 0 saturated carbocycles. The summed E-state index contributed by atoms with van der Waals surface area (Å²) in [6.07, 6.45) is 4.40. The van der Waals surface area contributed by atoms with E-state index in [0.717, 1.165) is 125 Å². The molecule has 11 rings (SSSR count). The second-order valence-corrected chi connectivity index (χ2v) is 21.2. The first-order valence-electron chi connectivity index (χ1n) is 28.8. The minimum atomic E-state index is 0.802. The van der Waals surface area contributed by atoms with Crippen molar-refractivity contribution >= 4 is 68.1 Å². The Balaban J connectivity index is 0.834. The third kappa shape index (κ3) is 12.9. The van der Waals surface area contributed by atoms with Gasteiger partial charge in [0, 0.05) is 68.3 Å². The van der Waals surface area contributed by atoms with Crippen molar-refractivity contribution in [3.8, 4) is 45.3 Å². The van der Waals surface area contributed by atoms with E-state index in [9.17, 15) is 0 Å². The van der Waals surface area contributed by atoms with Gasteiger partial charge in [0.05, 0.1) is 28.4 Å². The molecule has 0 fully saturated rings. The lowest BCUT2D eigenvalue weighted by Gasteiger charge is -2.27. The molecule has 0 amide bonds. The highest BCUT2D eigenvalue weighted by Crippen LogP contribution is 2.42. The van der Waals surface area contributed by atoms with Crippen molar-refractivity contribution < 1.29 is 18.9 Å². The molecule has 11 aromatic carbocycles. The van der Waals surface area contributed by atoms with Gasteiger partial charge in [-0.15, -0.1) is 0 Å². The van der Waals surface area contributed by atoms with Crippen molar-refractivity contribution in [2.45, 2.75) is 27.7 Å². The van der Waals surface area contributed by atoms with Gasteiger partial charge in [-0.1, -0.05) is 102 Å². The van der Waals surface area contributed by atoms with E-state index in [2.05, 4.69) is 278 Å². The van der Waals surface area contributed by atoms with Crippen LogP contribution in [0.5, 0.6) is 23.0 Å². The largest absolute Gasteiger partial charge is 0.497 e. The summed E-state index contributed by atoms with van der Waals surface area (Å²) < 4.78 is 22.1. The molecule has 8 nitrogen and oxygen atoms in total. The standard InChI is InChI=1S/C78H70N4O4/c1-55-9-25-66(26-10-55)80(72-41-49-76(84-6)50-42-72)68-29-15-59(16-30-68)57(3)13-14-58(4)79(65-39-47-75(83-5)48-40-65)64-31-17-60(18-32-64)61-21-35-70(36-22-61)82(74-45-53-78(86-8)54-46-74)71-37-23-63(24-38-71)62-19-33-69(34-20-62)81(67-27-11-56(2)12-28-67)73-43-51-77(85-7)52-44-73/h9-54H,1-8H3/b57-13+,58-14+. The van der Waals surface area contributed by atoms with Crippen LogP contribution in [-0.4, -0.2) is 28.4 Å². The van der Waals surface area contributed by atoms with Crippen LogP contribution in [0.1, 0.15) is 30.5 Å². The highest BCUT2D eigenvalue weighted by atomic mass is 16.5. The van der Waals surface area contributed by atoms with Crippen molar-refractivity contribution in [2.24, 2.45) is 0 Å². The summed E-state index contributed by atoms with van der Waals surface area (Å²) in [5.41, 5.74) is 21.8. The average Bonchev–Trinajstić information content (AvgIpc) is 2.47. The normalized spacial score (nSPS) is 11.4. The summed E-state index contributed by atoms with van der Waals surface area (Å²) >= 11 is 0.